The van der Waals surface area contributed by atoms with Crippen molar-refractivity contribution in [2.24, 2.45) is 11.8 Å². The van der Waals surface area contributed by atoms with Crippen molar-refractivity contribution in [3.05, 3.63) is 0 Å². The van der Waals surface area contributed by atoms with Gasteiger partial charge in [-0.25, -0.2) is 0 Å². The highest BCUT2D eigenvalue weighted by Crippen LogP contribution is 2.26. The molecular weight excluding hydrogens is 248 g/mol. The Balaban J connectivity index is 1.84. The van der Waals surface area contributed by atoms with Crippen LogP contribution >= 0.6 is 0 Å². The van der Waals surface area contributed by atoms with Crippen molar-refractivity contribution >= 4 is 5.91 Å². The van der Waals surface area contributed by atoms with E-state index >= 15 is 0 Å². The van der Waals surface area contributed by atoms with Crippen molar-refractivity contribution in [1.82, 2.24) is 10.2 Å². The lowest BCUT2D eigenvalue weighted by atomic mass is 9.85. The van der Waals surface area contributed by atoms with E-state index in [1.807, 2.05) is 0 Å². The van der Waals surface area contributed by atoms with Gasteiger partial charge in [0, 0.05) is 19.0 Å². The molecule has 0 spiro atoms. The largest absolute Gasteiger partial charge is 0.340 e. The topological polar surface area (TPSA) is 32.3 Å². The smallest absolute Gasteiger partial charge is 0.223 e. The van der Waals surface area contributed by atoms with Crippen molar-refractivity contribution in [2.45, 2.75) is 71.3 Å². The highest BCUT2D eigenvalue weighted by Gasteiger charge is 2.27. The first-order valence-corrected chi connectivity index (χ1v) is 8.72. The molecule has 2 atom stereocenters. The van der Waals surface area contributed by atoms with Gasteiger partial charge in [0.05, 0.1) is 0 Å². The fourth-order valence-electron chi connectivity index (χ4n) is 3.95. The van der Waals surface area contributed by atoms with Gasteiger partial charge in [-0.1, -0.05) is 26.2 Å². The Kier molecular flexibility index (Phi) is 6.34. The van der Waals surface area contributed by atoms with E-state index in [-0.39, 0.29) is 0 Å². The van der Waals surface area contributed by atoms with Gasteiger partial charge < -0.3 is 10.2 Å². The summed E-state index contributed by atoms with van der Waals surface area (Å²) in [7, 11) is 0. The van der Waals surface area contributed by atoms with Gasteiger partial charge in [0.15, 0.2) is 0 Å². The molecule has 20 heavy (non-hydrogen) atoms. The average Bonchev–Trinajstić information content (AvgIpc) is 2.50. The van der Waals surface area contributed by atoms with E-state index in [1.165, 1.54) is 44.9 Å². The van der Waals surface area contributed by atoms with E-state index in [9.17, 15) is 4.79 Å². The molecule has 0 aromatic heterocycles. The summed E-state index contributed by atoms with van der Waals surface area (Å²) in [6.07, 6.45) is 9.70. The predicted molar refractivity (Wildman–Crippen MR) is 83.6 cm³/mol. The molecule has 0 radical (unpaired) electrons. The highest BCUT2D eigenvalue weighted by atomic mass is 16.2. The number of rotatable bonds is 5. The first-order valence-electron chi connectivity index (χ1n) is 8.72. The summed E-state index contributed by atoms with van der Waals surface area (Å²) >= 11 is 0. The first kappa shape index (κ1) is 15.8. The maximum absolute atomic E-state index is 12.6. The van der Waals surface area contributed by atoms with Crippen molar-refractivity contribution in [3.63, 3.8) is 0 Å². The third kappa shape index (κ3) is 4.21. The van der Waals surface area contributed by atoms with Gasteiger partial charge in [-0.05, 0) is 57.5 Å². The Labute approximate surface area is 124 Å². The van der Waals surface area contributed by atoms with E-state index in [1.54, 1.807) is 0 Å². The maximum Gasteiger partial charge on any atom is 0.223 e. The third-order valence-electron chi connectivity index (χ3n) is 5.31. The number of amides is 1. The number of piperidine rings is 1. The summed E-state index contributed by atoms with van der Waals surface area (Å²) in [5, 5.41) is 3.47. The normalized spacial score (nSPS) is 26.2. The summed E-state index contributed by atoms with van der Waals surface area (Å²) in [6.45, 7) is 7.55. The number of nitrogens with one attached hydrogen (secondary N) is 1. The summed E-state index contributed by atoms with van der Waals surface area (Å²) in [5.74, 6) is 1.61. The van der Waals surface area contributed by atoms with Crippen LogP contribution in [0.15, 0.2) is 0 Å². The summed E-state index contributed by atoms with van der Waals surface area (Å²) in [5.41, 5.74) is 0. The molecule has 1 saturated heterocycles. The Morgan fingerprint density at radius 1 is 1.20 bits per heavy atom. The van der Waals surface area contributed by atoms with Crippen molar-refractivity contribution in [1.29, 1.82) is 0 Å². The second kappa shape index (κ2) is 8.02. The number of hydrogen-bond donors (Lipinski definition) is 1. The van der Waals surface area contributed by atoms with Crippen molar-refractivity contribution in [3.8, 4) is 0 Å². The van der Waals surface area contributed by atoms with Crippen LogP contribution in [0.2, 0.25) is 0 Å². The minimum atomic E-state index is 0.400. The average molecular weight is 280 g/mol. The van der Waals surface area contributed by atoms with Gasteiger partial charge in [-0.15, -0.1) is 0 Å². The van der Waals surface area contributed by atoms with Gasteiger partial charge in [0.25, 0.3) is 0 Å². The minimum Gasteiger partial charge on any atom is -0.340 e. The summed E-state index contributed by atoms with van der Waals surface area (Å²) in [6, 6.07) is 0.526. The predicted octanol–water partition coefficient (Wildman–Crippen LogP) is 3.19. The molecule has 1 N–H and O–H groups in total. The molecule has 0 bridgehead atoms. The molecule has 2 rings (SSSR count). The Morgan fingerprint density at radius 2 is 1.95 bits per heavy atom. The third-order valence-corrected chi connectivity index (χ3v) is 5.31. The monoisotopic (exact) mass is 280 g/mol. The van der Waals surface area contributed by atoms with Crippen LogP contribution < -0.4 is 5.32 Å². The van der Waals surface area contributed by atoms with Crippen LogP contribution in [0.1, 0.15) is 65.2 Å². The number of hydrogen-bond acceptors (Lipinski definition) is 2. The van der Waals surface area contributed by atoms with E-state index in [4.69, 9.17) is 0 Å². The SMILES string of the molecule is CCN(C(=O)CC(C)C1CCCNC1)C1CCCCC1. The lowest BCUT2D eigenvalue weighted by Gasteiger charge is -2.35. The van der Waals surface area contributed by atoms with E-state index in [2.05, 4.69) is 24.1 Å². The molecule has 0 aromatic rings. The Morgan fingerprint density at radius 3 is 2.55 bits per heavy atom. The van der Waals surface area contributed by atoms with Crippen LogP contribution in [0.25, 0.3) is 0 Å². The molecule has 2 aliphatic rings. The molecule has 1 aliphatic carbocycles. The molecule has 1 amide bonds. The second-order valence-corrected chi connectivity index (χ2v) is 6.76. The quantitative estimate of drug-likeness (QED) is 0.839. The zero-order valence-electron chi connectivity index (χ0n) is 13.4. The fraction of sp³-hybridized carbons (Fsp3) is 0.941. The molecule has 0 aromatic carbocycles. The van der Waals surface area contributed by atoms with Gasteiger partial charge in [-0.2, -0.15) is 0 Å². The van der Waals surface area contributed by atoms with Gasteiger partial charge in [-0.3, -0.25) is 4.79 Å². The van der Waals surface area contributed by atoms with Crippen molar-refractivity contribution in [2.75, 3.05) is 19.6 Å². The molecule has 1 heterocycles. The molecule has 3 heteroatoms. The lowest BCUT2D eigenvalue weighted by Crippen LogP contribution is -2.43. The lowest BCUT2D eigenvalue weighted by molar-refractivity contribution is -0.135. The molecular formula is C17H32N2O. The van der Waals surface area contributed by atoms with Gasteiger partial charge >= 0.3 is 0 Å². The standard InChI is InChI=1S/C17H32N2O/c1-3-19(16-9-5-4-6-10-16)17(20)12-14(2)15-8-7-11-18-13-15/h14-16,18H,3-13H2,1-2H3. The van der Waals surface area contributed by atoms with E-state index in [0.717, 1.165) is 26.1 Å². The zero-order valence-corrected chi connectivity index (χ0v) is 13.4. The maximum atomic E-state index is 12.6. The second-order valence-electron chi connectivity index (χ2n) is 6.76. The molecule has 1 aliphatic heterocycles. The number of carbonyl (C=O) groups excluding carboxylic acids is 1. The molecule has 3 nitrogen and oxygen atoms in total. The van der Waals surface area contributed by atoms with Gasteiger partial charge in [0.1, 0.15) is 0 Å². The number of carbonyl (C=O) groups is 1. The highest BCUT2D eigenvalue weighted by molar-refractivity contribution is 5.76. The Hall–Kier alpha value is -0.570. The molecule has 1 saturated carbocycles. The van der Waals surface area contributed by atoms with Crippen LogP contribution in [0, 0.1) is 11.8 Å². The minimum absolute atomic E-state index is 0.400. The molecule has 2 unspecified atom stereocenters. The van der Waals surface area contributed by atoms with E-state index < -0.39 is 0 Å². The summed E-state index contributed by atoms with van der Waals surface area (Å²) < 4.78 is 0. The van der Waals surface area contributed by atoms with Crippen LogP contribution in [-0.4, -0.2) is 36.5 Å². The van der Waals surface area contributed by atoms with Crippen LogP contribution in [0.5, 0.6) is 0 Å². The Bertz CT molecular complexity index is 293. The van der Waals surface area contributed by atoms with Crippen LogP contribution in [-0.2, 0) is 4.79 Å². The van der Waals surface area contributed by atoms with Crippen LogP contribution in [0.4, 0.5) is 0 Å². The molecule has 116 valence electrons. The first-order chi connectivity index (χ1) is 9.72. The van der Waals surface area contributed by atoms with Crippen LogP contribution in [0.3, 0.4) is 0 Å². The van der Waals surface area contributed by atoms with Crippen molar-refractivity contribution < 1.29 is 4.79 Å². The zero-order chi connectivity index (χ0) is 14.4. The summed E-state index contributed by atoms with van der Waals surface area (Å²) in [4.78, 5) is 14.8. The van der Waals surface area contributed by atoms with Gasteiger partial charge in [0.2, 0.25) is 5.91 Å². The van der Waals surface area contributed by atoms with E-state index in [0.29, 0.717) is 23.8 Å². The molecule has 2 fully saturated rings. The number of nitrogens with zero attached hydrogens (tertiary/aromatic N) is 1. The fourth-order valence-corrected chi connectivity index (χ4v) is 3.95.